The summed E-state index contributed by atoms with van der Waals surface area (Å²) in [4.78, 5) is 136. The molecule has 7 atom stereocenters. The van der Waals surface area contributed by atoms with Crippen LogP contribution in [0.3, 0.4) is 0 Å². The van der Waals surface area contributed by atoms with Crippen molar-refractivity contribution in [2.75, 3.05) is 26.2 Å². The molecule has 0 spiro atoms. The topological polar surface area (TPSA) is 446 Å². The van der Waals surface area contributed by atoms with Crippen molar-refractivity contribution in [3.8, 4) is 0 Å². The molecule has 2 heterocycles. The lowest BCUT2D eigenvalue weighted by atomic mass is 9.97. The van der Waals surface area contributed by atoms with E-state index in [2.05, 4.69) is 57.5 Å². The largest absolute Gasteiger partial charge is 0.370 e. The Morgan fingerprint density at radius 1 is 0.711 bits per heavy atom. The first kappa shape index (κ1) is 60.3. The molecule has 26 nitrogen and oxygen atoms in total. The predicted octanol–water partition coefficient (Wildman–Crippen LogP) is -3.39. The minimum atomic E-state index is -1.47. The second-order valence-electron chi connectivity index (χ2n) is 18.7. The van der Waals surface area contributed by atoms with Crippen LogP contribution >= 0.6 is 0 Å². The minimum absolute atomic E-state index is 0.0130. The van der Waals surface area contributed by atoms with E-state index in [4.69, 9.17) is 34.4 Å². The number of guanidine groups is 2. The molecule has 0 radical (unpaired) electrons. The quantitative estimate of drug-likeness (QED) is 0.0336. The lowest BCUT2D eigenvalue weighted by Gasteiger charge is -2.28. The van der Waals surface area contributed by atoms with Gasteiger partial charge in [0.1, 0.15) is 42.3 Å². The molecule has 0 saturated carbocycles. The molecule has 26 heteroatoms. The Balaban J connectivity index is 1.79. The highest BCUT2D eigenvalue weighted by Gasteiger charge is 2.35. The molecule has 2 aromatic carbocycles. The molecule has 1 aliphatic heterocycles. The van der Waals surface area contributed by atoms with Gasteiger partial charge in [0, 0.05) is 62.9 Å². The Morgan fingerprint density at radius 3 is 1.93 bits per heavy atom. The van der Waals surface area contributed by atoms with Gasteiger partial charge in [-0.2, -0.15) is 0 Å². The van der Waals surface area contributed by atoms with E-state index in [1.807, 2.05) is 50.2 Å². The summed E-state index contributed by atoms with van der Waals surface area (Å²) in [6.45, 7) is 4.96. The Hall–Kier alpha value is -8.29. The van der Waals surface area contributed by atoms with Gasteiger partial charge in [-0.15, -0.1) is 0 Å². The number of para-hydroxylation sites is 1. The van der Waals surface area contributed by atoms with Crippen LogP contribution in [0.25, 0.3) is 10.9 Å². The summed E-state index contributed by atoms with van der Waals surface area (Å²) < 4.78 is 0. The van der Waals surface area contributed by atoms with E-state index in [-0.39, 0.29) is 109 Å². The average Bonchev–Trinajstić information content (AvgIpc) is 3.77. The third-order valence-corrected chi connectivity index (χ3v) is 12.5. The summed E-state index contributed by atoms with van der Waals surface area (Å²) in [6.07, 6.45) is 1.20. The number of fused-ring (bicyclic) bond motifs is 1. The zero-order chi connectivity index (χ0) is 55.9. The summed E-state index contributed by atoms with van der Waals surface area (Å²) in [5.74, 6) is -7.33. The smallest absolute Gasteiger partial charge is 0.243 e. The van der Waals surface area contributed by atoms with Crippen LogP contribution in [0, 0.1) is 13.8 Å². The molecule has 0 bridgehead atoms. The summed E-state index contributed by atoms with van der Waals surface area (Å²) in [5.41, 5.74) is 37.6. The lowest BCUT2D eigenvalue weighted by Crippen LogP contribution is -2.60. The van der Waals surface area contributed by atoms with Crippen LogP contribution in [0.4, 0.5) is 0 Å². The van der Waals surface area contributed by atoms with Gasteiger partial charge in [0.2, 0.25) is 53.2 Å². The Kier molecular flexibility index (Phi) is 23.9. The maximum absolute atomic E-state index is 14.7. The first-order valence-corrected chi connectivity index (χ1v) is 25.2. The molecule has 21 N–H and O–H groups in total. The number of aliphatic imine (C=N–C) groups is 2. The van der Waals surface area contributed by atoms with Crippen molar-refractivity contribution in [2.45, 2.75) is 134 Å². The van der Waals surface area contributed by atoms with Gasteiger partial charge in [-0.25, -0.2) is 0 Å². The number of aromatic nitrogens is 1. The summed E-state index contributed by atoms with van der Waals surface area (Å²) in [7, 11) is 0. The number of amides is 9. The molecule has 4 rings (SSSR count). The molecule has 3 aromatic rings. The van der Waals surface area contributed by atoms with Gasteiger partial charge in [0.15, 0.2) is 11.9 Å². The van der Waals surface area contributed by atoms with Crippen LogP contribution in [0.15, 0.2) is 58.6 Å². The Morgan fingerprint density at radius 2 is 1.30 bits per heavy atom. The van der Waals surface area contributed by atoms with E-state index in [1.165, 1.54) is 6.92 Å². The van der Waals surface area contributed by atoms with Gasteiger partial charge >= 0.3 is 0 Å². The number of rotatable bonds is 18. The van der Waals surface area contributed by atoms with Crippen molar-refractivity contribution in [1.29, 1.82) is 0 Å². The third-order valence-electron chi connectivity index (χ3n) is 12.5. The second kappa shape index (κ2) is 30.2. The normalized spacial score (nSPS) is 21.0. The number of primary amides is 1. The summed E-state index contributed by atoms with van der Waals surface area (Å²) in [5, 5.41) is 22.2. The van der Waals surface area contributed by atoms with E-state index in [0.29, 0.717) is 11.1 Å². The van der Waals surface area contributed by atoms with Crippen LogP contribution in [-0.4, -0.2) is 139 Å². The van der Waals surface area contributed by atoms with E-state index in [1.54, 1.807) is 12.3 Å². The van der Waals surface area contributed by atoms with E-state index in [0.717, 1.165) is 22.0 Å². The molecule has 1 aliphatic rings. The molecule has 1 fully saturated rings. The zero-order valence-corrected chi connectivity index (χ0v) is 43.3. The number of nitrogens with one attached hydrogen (secondary N) is 9. The van der Waals surface area contributed by atoms with Crippen LogP contribution in [0.1, 0.15) is 87.0 Å². The highest BCUT2D eigenvalue weighted by molar-refractivity contribution is 5.98. The maximum Gasteiger partial charge on any atom is 0.243 e. The van der Waals surface area contributed by atoms with Crippen molar-refractivity contribution >= 4 is 76.0 Å². The number of benzene rings is 2. The standard InChI is InChI=1S/C50H75N17O9/c1-27-14-15-30(28(2)23-27)24-39-48(76)63-36(13-8-22-59-50(55)56)44(72)67-40(25-31-26-60-33-10-5-4-9-32(31)33)47(75)62-34(42(52)70)11-6-20-57-41(69)17-16-37(45(73)65-38(18-19-51)46(74)66-39)64-43(71)35(61-29(3)68)12-7-21-58-49(53)54/h4-5,9-10,14-15,23,26,34-40,60H,6-8,11-13,16-22,24-25,51H2,1-3H3,(H2,52,70)(H,57,69)(H,61,68)(H,62,75)(H,63,76)(H,64,71)(H,65,73)(H,66,74)(H,67,72)(H4,53,54,58)(H4,55,56,59)/t34-,35-,36-,37-,38-,39+,40-/m0/s1. The number of aromatic amines is 1. The zero-order valence-electron chi connectivity index (χ0n) is 43.3. The van der Waals surface area contributed by atoms with E-state index >= 15 is 0 Å². The Bertz CT molecular complexity index is 2590. The number of H-pyrrole nitrogens is 1. The average molecular weight is 1060 g/mol. The molecule has 414 valence electrons. The molecule has 1 saturated heterocycles. The third kappa shape index (κ3) is 19.9. The van der Waals surface area contributed by atoms with Crippen molar-refractivity contribution in [3.63, 3.8) is 0 Å². The summed E-state index contributed by atoms with van der Waals surface area (Å²) >= 11 is 0. The number of carbonyl (C=O) groups is 9. The van der Waals surface area contributed by atoms with Gasteiger partial charge in [-0.3, -0.25) is 53.1 Å². The van der Waals surface area contributed by atoms with Gasteiger partial charge in [0.05, 0.1) is 0 Å². The molecule has 0 unspecified atom stereocenters. The fraction of sp³-hybridized carbons (Fsp3) is 0.500. The first-order valence-electron chi connectivity index (χ1n) is 25.2. The highest BCUT2D eigenvalue weighted by Crippen LogP contribution is 2.20. The van der Waals surface area contributed by atoms with Crippen LogP contribution in [-0.2, 0) is 56.0 Å². The number of hydrogen-bond acceptors (Lipinski definition) is 12. The fourth-order valence-electron chi connectivity index (χ4n) is 8.55. The molecule has 1 aromatic heterocycles. The Labute approximate surface area is 440 Å². The molecular formula is C50H75N17O9. The van der Waals surface area contributed by atoms with Crippen molar-refractivity contribution in [2.24, 2.45) is 44.4 Å². The second-order valence-corrected chi connectivity index (χ2v) is 18.7. The monoisotopic (exact) mass is 1060 g/mol. The van der Waals surface area contributed by atoms with Gasteiger partial charge < -0.3 is 81.9 Å². The number of aryl methyl sites for hydroxylation is 2. The molecule has 9 amide bonds. The van der Waals surface area contributed by atoms with Crippen molar-refractivity contribution in [3.05, 3.63) is 70.9 Å². The van der Waals surface area contributed by atoms with Crippen LogP contribution < -0.4 is 76.9 Å². The number of hydrogen-bond donors (Lipinski definition) is 15. The number of nitrogens with zero attached hydrogens (tertiary/aromatic N) is 2. The minimum Gasteiger partial charge on any atom is -0.370 e. The van der Waals surface area contributed by atoms with Gasteiger partial charge in [0.25, 0.3) is 0 Å². The molecular weight excluding hydrogens is 983 g/mol. The predicted molar refractivity (Wildman–Crippen MR) is 285 cm³/mol. The summed E-state index contributed by atoms with van der Waals surface area (Å²) in [6, 6.07) is 3.39. The van der Waals surface area contributed by atoms with Crippen molar-refractivity contribution < 1.29 is 43.2 Å². The van der Waals surface area contributed by atoms with Crippen LogP contribution in [0.2, 0.25) is 0 Å². The maximum atomic E-state index is 14.7. The molecule has 0 aliphatic carbocycles. The first-order chi connectivity index (χ1) is 36.1. The van der Waals surface area contributed by atoms with Gasteiger partial charge in [-0.1, -0.05) is 42.0 Å². The number of nitrogens with two attached hydrogens (primary N) is 6. The van der Waals surface area contributed by atoms with E-state index in [9.17, 15) is 43.2 Å². The lowest BCUT2D eigenvalue weighted by molar-refractivity contribution is -0.136. The fourth-order valence-corrected chi connectivity index (χ4v) is 8.55. The van der Waals surface area contributed by atoms with Crippen LogP contribution in [0.5, 0.6) is 0 Å². The van der Waals surface area contributed by atoms with E-state index < -0.39 is 95.5 Å². The van der Waals surface area contributed by atoms with Gasteiger partial charge in [-0.05, 0) is 94.5 Å². The van der Waals surface area contributed by atoms with Crippen molar-refractivity contribution in [1.82, 2.24) is 47.5 Å². The molecule has 76 heavy (non-hydrogen) atoms. The number of carbonyl (C=O) groups excluding carboxylic acids is 9. The highest BCUT2D eigenvalue weighted by atomic mass is 16.2. The SMILES string of the molecule is CC(=O)N[C@@H](CCCN=C(N)N)C(=O)N[C@H]1CCC(=O)NCCC[C@@H](C(N)=O)NC(=O)[C@H](Cc2c[nH]c3ccccc23)NC(=O)[C@H](CCCN=C(N)N)NC(=O)[C@@H](Cc2ccc(C)cc2C)NC(=O)[C@H](CCN)NC1=O.